The standard InChI is InChI=1S/C27H26N2O4/c1-18(2)17-33-22-12-10-21(11-13-22)25(30)23-24(20-8-4-3-5-9-20)29(27(32)26(23)31)16-19-7-6-14-28-15-19/h3-15,18,24,30H,16-17H2,1-2H3/b25-23+. The molecule has 4 rings (SSSR count). The van der Waals surface area contributed by atoms with Gasteiger partial charge in [-0.2, -0.15) is 0 Å². The highest BCUT2D eigenvalue weighted by atomic mass is 16.5. The van der Waals surface area contributed by atoms with Crippen LogP contribution < -0.4 is 4.74 Å². The van der Waals surface area contributed by atoms with Crippen molar-refractivity contribution < 1.29 is 19.4 Å². The van der Waals surface area contributed by atoms with E-state index in [4.69, 9.17) is 4.74 Å². The number of carbonyl (C=O) groups is 2. The quantitative estimate of drug-likeness (QED) is 0.325. The number of carbonyl (C=O) groups excluding carboxylic acids is 2. The van der Waals surface area contributed by atoms with E-state index in [0.717, 1.165) is 11.1 Å². The van der Waals surface area contributed by atoms with Crippen molar-refractivity contribution in [3.8, 4) is 5.75 Å². The Hall–Kier alpha value is -3.93. The van der Waals surface area contributed by atoms with Crippen molar-refractivity contribution in [2.75, 3.05) is 6.61 Å². The first-order valence-electron chi connectivity index (χ1n) is 10.9. The van der Waals surface area contributed by atoms with Crippen LogP contribution in [0.15, 0.2) is 84.7 Å². The number of Topliss-reactive ketones (excluding diaryl/α,β-unsaturated/α-hetero) is 1. The number of pyridine rings is 1. The summed E-state index contributed by atoms with van der Waals surface area (Å²) in [6.07, 6.45) is 3.32. The molecule has 1 unspecified atom stereocenters. The Morgan fingerprint density at radius 2 is 1.76 bits per heavy atom. The topological polar surface area (TPSA) is 79.7 Å². The molecule has 1 N–H and O–H groups in total. The van der Waals surface area contributed by atoms with Crippen LogP contribution in [0.25, 0.3) is 5.76 Å². The van der Waals surface area contributed by atoms with E-state index in [2.05, 4.69) is 18.8 Å². The molecule has 1 aliphatic heterocycles. The normalized spacial score (nSPS) is 17.5. The van der Waals surface area contributed by atoms with Crippen molar-refractivity contribution in [3.63, 3.8) is 0 Å². The summed E-state index contributed by atoms with van der Waals surface area (Å²) in [7, 11) is 0. The third kappa shape index (κ3) is 4.80. The average molecular weight is 443 g/mol. The number of ether oxygens (including phenoxy) is 1. The fraction of sp³-hybridized carbons (Fsp3) is 0.222. The molecule has 3 aromatic rings. The fourth-order valence-electron chi connectivity index (χ4n) is 3.84. The lowest BCUT2D eigenvalue weighted by atomic mass is 9.95. The molecule has 2 aromatic carbocycles. The van der Waals surface area contributed by atoms with Crippen molar-refractivity contribution in [1.29, 1.82) is 0 Å². The van der Waals surface area contributed by atoms with E-state index in [9.17, 15) is 14.7 Å². The highest BCUT2D eigenvalue weighted by molar-refractivity contribution is 6.46. The Balaban J connectivity index is 1.74. The number of amides is 1. The molecule has 0 radical (unpaired) electrons. The van der Waals surface area contributed by atoms with Gasteiger partial charge in [0.05, 0.1) is 18.2 Å². The SMILES string of the molecule is CC(C)COc1ccc(/C(O)=C2\C(=O)C(=O)N(Cc3cccnc3)C2c2ccccc2)cc1. The Labute approximate surface area is 193 Å². The summed E-state index contributed by atoms with van der Waals surface area (Å²) in [4.78, 5) is 31.7. The summed E-state index contributed by atoms with van der Waals surface area (Å²) < 4.78 is 5.71. The number of ketones is 1. The van der Waals surface area contributed by atoms with Gasteiger partial charge in [-0.1, -0.05) is 50.2 Å². The van der Waals surface area contributed by atoms with E-state index in [1.807, 2.05) is 36.4 Å². The zero-order chi connectivity index (χ0) is 23.4. The fourth-order valence-corrected chi connectivity index (χ4v) is 3.84. The van der Waals surface area contributed by atoms with Crippen LogP contribution >= 0.6 is 0 Å². The monoisotopic (exact) mass is 442 g/mol. The van der Waals surface area contributed by atoms with Gasteiger partial charge in [0, 0.05) is 24.5 Å². The second-order valence-electron chi connectivity index (χ2n) is 8.43. The maximum atomic E-state index is 13.1. The highest BCUT2D eigenvalue weighted by Gasteiger charge is 2.46. The largest absolute Gasteiger partial charge is 0.507 e. The molecule has 0 spiro atoms. The number of aromatic nitrogens is 1. The second kappa shape index (κ2) is 9.69. The molecule has 1 aliphatic rings. The van der Waals surface area contributed by atoms with Crippen LogP contribution in [0.5, 0.6) is 5.75 Å². The predicted octanol–water partition coefficient (Wildman–Crippen LogP) is 4.74. The maximum Gasteiger partial charge on any atom is 0.295 e. The van der Waals surface area contributed by atoms with Crippen LogP contribution in [-0.4, -0.2) is 33.3 Å². The van der Waals surface area contributed by atoms with Crippen LogP contribution in [0.4, 0.5) is 0 Å². The summed E-state index contributed by atoms with van der Waals surface area (Å²) in [5.74, 6) is -0.487. The number of likely N-dealkylation sites (tertiary alicyclic amines) is 1. The van der Waals surface area contributed by atoms with Gasteiger partial charge in [-0.05, 0) is 47.4 Å². The van der Waals surface area contributed by atoms with Crippen molar-refractivity contribution in [2.24, 2.45) is 5.92 Å². The Morgan fingerprint density at radius 1 is 1.03 bits per heavy atom. The highest BCUT2D eigenvalue weighted by Crippen LogP contribution is 2.40. The van der Waals surface area contributed by atoms with Gasteiger partial charge < -0.3 is 14.7 Å². The van der Waals surface area contributed by atoms with Gasteiger partial charge in [0.25, 0.3) is 11.7 Å². The summed E-state index contributed by atoms with van der Waals surface area (Å²) in [6.45, 7) is 4.91. The Morgan fingerprint density at radius 3 is 2.39 bits per heavy atom. The Bertz CT molecular complexity index is 1160. The number of benzene rings is 2. The van der Waals surface area contributed by atoms with Crippen LogP contribution in [-0.2, 0) is 16.1 Å². The number of rotatable bonds is 7. The van der Waals surface area contributed by atoms with Gasteiger partial charge in [0.1, 0.15) is 11.5 Å². The van der Waals surface area contributed by atoms with E-state index in [-0.39, 0.29) is 17.9 Å². The lowest BCUT2D eigenvalue weighted by Crippen LogP contribution is -2.29. The molecule has 33 heavy (non-hydrogen) atoms. The summed E-state index contributed by atoms with van der Waals surface area (Å²) >= 11 is 0. The number of hydrogen-bond acceptors (Lipinski definition) is 5. The number of aliphatic hydroxyl groups excluding tert-OH is 1. The van der Waals surface area contributed by atoms with E-state index in [1.54, 1.807) is 42.7 Å². The molecule has 168 valence electrons. The third-order valence-corrected chi connectivity index (χ3v) is 5.44. The summed E-state index contributed by atoms with van der Waals surface area (Å²) in [5.41, 5.74) is 2.07. The molecule has 0 saturated carbocycles. The first-order valence-corrected chi connectivity index (χ1v) is 10.9. The lowest BCUT2D eigenvalue weighted by Gasteiger charge is -2.25. The minimum Gasteiger partial charge on any atom is -0.507 e. The molecule has 0 bridgehead atoms. The van der Waals surface area contributed by atoms with E-state index < -0.39 is 17.7 Å². The molecule has 0 aliphatic carbocycles. The molecule has 6 heteroatoms. The smallest absolute Gasteiger partial charge is 0.295 e. The lowest BCUT2D eigenvalue weighted by molar-refractivity contribution is -0.140. The maximum absolute atomic E-state index is 13.1. The number of nitrogens with zero attached hydrogens (tertiary/aromatic N) is 2. The van der Waals surface area contributed by atoms with Crippen LogP contribution in [0.2, 0.25) is 0 Å². The zero-order valence-electron chi connectivity index (χ0n) is 18.6. The zero-order valence-corrected chi connectivity index (χ0v) is 18.6. The number of hydrogen-bond donors (Lipinski definition) is 1. The van der Waals surface area contributed by atoms with Crippen molar-refractivity contribution in [2.45, 2.75) is 26.4 Å². The van der Waals surface area contributed by atoms with Crippen molar-refractivity contribution in [1.82, 2.24) is 9.88 Å². The third-order valence-electron chi connectivity index (χ3n) is 5.44. The second-order valence-corrected chi connectivity index (χ2v) is 8.43. The Kier molecular flexibility index (Phi) is 6.54. The predicted molar refractivity (Wildman–Crippen MR) is 125 cm³/mol. The minimum absolute atomic E-state index is 0.0749. The van der Waals surface area contributed by atoms with Crippen molar-refractivity contribution in [3.05, 3.63) is 101 Å². The molecular formula is C27H26N2O4. The van der Waals surface area contributed by atoms with Gasteiger partial charge in [0.2, 0.25) is 0 Å². The average Bonchev–Trinajstić information content (AvgIpc) is 3.09. The van der Waals surface area contributed by atoms with Gasteiger partial charge in [0.15, 0.2) is 0 Å². The summed E-state index contributed by atoms with van der Waals surface area (Å²) in [6, 6.07) is 19.1. The van der Waals surface area contributed by atoms with Gasteiger partial charge in [-0.3, -0.25) is 14.6 Å². The molecule has 1 amide bonds. The van der Waals surface area contributed by atoms with Crippen LogP contribution in [0.3, 0.4) is 0 Å². The molecule has 1 aromatic heterocycles. The van der Waals surface area contributed by atoms with E-state index >= 15 is 0 Å². The van der Waals surface area contributed by atoms with Crippen LogP contribution in [0, 0.1) is 5.92 Å². The number of aliphatic hydroxyl groups is 1. The van der Waals surface area contributed by atoms with Gasteiger partial charge in [-0.15, -0.1) is 0 Å². The molecule has 1 atom stereocenters. The molecule has 2 heterocycles. The van der Waals surface area contributed by atoms with Gasteiger partial charge >= 0.3 is 0 Å². The van der Waals surface area contributed by atoms with Gasteiger partial charge in [-0.25, -0.2) is 0 Å². The molecule has 1 saturated heterocycles. The van der Waals surface area contributed by atoms with E-state index in [0.29, 0.717) is 23.8 Å². The molecular weight excluding hydrogens is 416 g/mol. The van der Waals surface area contributed by atoms with Crippen LogP contribution in [0.1, 0.15) is 36.6 Å². The molecule has 1 fully saturated rings. The van der Waals surface area contributed by atoms with E-state index in [1.165, 1.54) is 4.90 Å². The van der Waals surface area contributed by atoms with Crippen molar-refractivity contribution >= 4 is 17.4 Å². The summed E-state index contributed by atoms with van der Waals surface area (Å²) in [5, 5.41) is 11.2. The minimum atomic E-state index is -0.705. The first-order chi connectivity index (χ1) is 16.0. The molecule has 6 nitrogen and oxygen atoms in total. The first kappa shape index (κ1) is 22.3.